The summed E-state index contributed by atoms with van der Waals surface area (Å²) in [6.07, 6.45) is 1.12. The van der Waals surface area contributed by atoms with E-state index in [4.69, 9.17) is 4.74 Å². The normalized spacial score (nSPS) is 13.2. The first kappa shape index (κ1) is 13.1. The number of ether oxygens (including phenoxy) is 1. The van der Waals surface area contributed by atoms with Crippen molar-refractivity contribution in [2.45, 2.75) is 25.7 Å². The zero-order valence-corrected chi connectivity index (χ0v) is 10.6. The molecule has 0 aliphatic rings. The lowest BCUT2D eigenvalue weighted by molar-refractivity contribution is 0.143. The second-order valence-corrected chi connectivity index (χ2v) is 11.7. The summed E-state index contributed by atoms with van der Waals surface area (Å²) in [4.78, 5) is 0. The molecule has 0 spiro atoms. The number of rotatable bonds is 6. The van der Waals surface area contributed by atoms with Crippen molar-refractivity contribution in [3.05, 3.63) is 0 Å². The van der Waals surface area contributed by atoms with Crippen LogP contribution in [0.2, 0.25) is 25.7 Å². The van der Waals surface area contributed by atoms with Gasteiger partial charge in [-0.2, -0.15) is 4.72 Å². The predicted octanol–water partition coefficient (Wildman–Crippen LogP) is 0.848. The molecule has 0 atom stereocenters. The van der Waals surface area contributed by atoms with Crippen molar-refractivity contribution in [3.8, 4) is 0 Å². The van der Waals surface area contributed by atoms with Crippen molar-refractivity contribution in [1.82, 2.24) is 4.72 Å². The fraction of sp³-hybridized carbons (Fsp3) is 1.00. The molecular weight excluding hydrogens is 206 g/mol. The third-order valence-corrected chi connectivity index (χ3v) is 3.77. The van der Waals surface area contributed by atoms with Crippen molar-refractivity contribution in [3.63, 3.8) is 0 Å². The van der Waals surface area contributed by atoms with E-state index < -0.39 is 18.1 Å². The van der Waals surface area contributed by atoms with Gasteiger partial charge in [-0.3, -0.25) is 0 Å². The first-order chi connectivity index (χ1) is 5.71. The number of hydrogen-bond acceptors (Lipinski definition) is 3. The molecule has 6 heteroatoms. The molecule has 0 aromatic heterocycles. The molecule has 1 N–H and O–H groups in total. The van der Waals surface area contributed by atoms with Crippen LogP contribution in [0.25, 0.3) is 0 Å². The lowest BCUT2D eigenvalue weighted by Gasteiger charge is -2.15. The average molecular weight is 225 g/mol. The summed E-state index contributed by atoms with van der Waals surface area (Å²) in [6, 6.07) is 1.05. The van der Waals surface area contributed by atoms with Gasteiger partial charge in [0, 0.05) is 14.7 Å². The van der Waals surface area contributed by atoms with Gasteiger partial charge in [0.1, 0.15) is 6.73 Å². The van der Waals surface area contributed by atoms with E-state index in [2.05, 4.69) is 24.4 Å². The van der Waals surface area contributed by atoms with Gasteiger partial charge in [-0.25, -0.2) is 8.42 Å². The van der Waals surface area contributed by atoms with Crippen LogP contribution >= 0.6 is 0 Å². The van der Waals surface area contributed by atoms with E-state index in [-0.39, 0.29) is 6.73 Å². The van der Waals surface area contributed by atoms with Gasteiger partial charge in [-0.05, 0) is 6.04 Å². The van der Waals surface area contributed by atoms with E-state index in [1.165, 1.54) is 0 Å². The summed E-state index contributed by atoms with van der Waals surface area (Å²) in [6.45, 7) is 7.47. The smallest absolute Gasteiger partial charge is 0.210 e. The van der Waals surface area contributed by atoms with Crippen LogP contribution in [0.1, 0.15) is 0 Å². The molecule has 0 fully saturated rings. The number of sulfonamides is 1. The highest BCUT2D eigenvalue weighted by Gasteiger charge is 2.11. The Bertz CT molecular complexity index is 233. The summed E-state index contributed by atoms with van der Waals surface area (Å²) in [5, 5.41) is 0. The molecule has 0 aromatic rings. The summed E-state index contributed by atoms with van der Waals surface area (Å²) in [7, 11) is -4.16. The topological polar surface area (TPSA) is 55.4 Å². The Kier molecular flexibility index (Phi) is 5.12. The molecular formula is C7H19NO3SSi. The standard InChI is InChI=1S/C7H19NO3SSi/c1-12(9,10)8-7-11-5-6-13(2,3)4/h8H,5-7H2,1-4H3. The molecule has 0 rings (SSSR count). The predicted molar refractivity (Wildman–Crippen MR) is 57.0 cm³/mol. The maximum absolute atomic E-state index is 10.6. The van der Waals surface area contributed by atoms with Gasteiger partial charge in [-0.15, -0.1) is 0 Å². The van der Waals surface area contributed by atoms with Crippen molar-refractivity contribution in [2.24, 2.45) is 0 Å². The fourth-order valence-electron chi connectivity index (χ4n) is 0.599. The van der Waals surface area contributed by atoms with Crippen molar-refractivity contribution in [1.29, 1.82) is 0 Å². The minimum Gasteiger partial charge on any atom is -0.366 e. The molecule has 0 aliphatic carbocycles. The molecule has 0 amide bonds. The Morgan fingerprint density at radius 1 is 1.31 bits per heavy atom. The minimum absolute atomic E-state index is 0.0866. The SMILES string of the molecule is C[Si](C)(C)CCOCNS(C)(=O)=O. The van der Waals surface area contributed by atoms with E-state index in [0.717, 1.165) is 12.3 Å². The third-order valence-electron chi connectivity index (χ3n) is 1.42. The van der Waals surface area contributed by atoms with E-state index in [0.29, 0.717) is 6.61 Å². The molecule has 0 heterocycles. The first-order valence-electron chi connectivity index (χ1n) is 4.23. The lowest BCUT2D eigenvalue weighted by atomic mass is 10.8. The summed E-state index contributed by atoms with van der Waals surface area (Å²) in [5.74, 6) is 0. The average Bonchev–Trinajstić information content (AvgIpc) is 1.81. The molecule has 0 radical (unpaired) electrons. The Morgan fingerprint density at radius 2 is 1.85 bits per heavy atom. The maximum atomic E-state index is 10.6. The molecule has 0 saturated heterocycles. The number of hydrogen-bond donors (Lipinski definition) is 1. The molecule has 0 bridgehead atoms. The Balaban J connectivity index is 3.39. The molecule has 80 valence electrons. The van der Waals surface area contributed by atoms with Crippen LogP contribution in [-0.2, 0) is 14.8 Å². The molecule has 4 nitrogen and oxygen atoms in total. The van der Waals surface area contributed by atoms with E-state index in [9.17, 15) is 8.42 Å². The molecule has 0 unspecified atom stereocenters. The quantitative estimate of drug-likeness (QED) is 0.414. The van der Waals surface area contributed by atoms with E-state index in [1.54, 1.807) is 0 Å². The molecule has 13 heavy (non-hydrogen) atoms. The lowest BCUT2D eigenvalue weighted by Crippen LogP contribution is -2.27. The van der Waals surface area contributed by atoms with Crippen LogP contribution in [0.4, 0.5) is 0 Å². The van der Waals surface area contributed by atoms with Crippen LogP contribution in [0.15, 0.2) is 0 Å². The first-order valence-corrected chi connectivity index (χ1v) is 9.83. The fourth-order valence-corrected chi connectivity index (χ4v) is 1.65. The van der Waals surface area contributed by atoms with Crippen molar-refractivity contribution < 1.29 is 13.2 Å². The Hall–Kier alpha value is 0.0869. The van der Waals surface area contributed by atoms with E-state index in [1.807, 2.05) is 0 Å². The van der Waals surface area contributed by atoms with Crippen LogP contribution in [0, 0.1) is 0 Å². The molecule has 0 aromatic carbocycles. The minimum atomic E-state index is -3.10. The van der Waals surface area contributed by atoms with Gasteiger partial charge >= 0.3 is 0 Å². The molecule has 0 saturated carbocycles. The van der Waals surface area contributed by atoms with E-state index >= 15 is 0 Å². The van der Waals surface area contributed by atoms with Crippen LogP contribution < -0.4 is 4.72 Å². The van der Waals surface area contributed by atoms with Gasteiger partial charge in [0.2, 0.25) is 10.0 Å². The Labute approximate surface area is 81.7 Å². The summed E-state index contributed by atoms with van der Waals surface area (Å²) in [5.41, 5.74) is 0. The second-order valence-electron chi connectivity index (χ2n) is 4.28. The highest BCUT2D eigenvalue weighted by molar-refractivity contribution is 7.88. The van der Waals surface area contributed by atoms with Crippen LogP contribution in [-0.4, -0.2) is 36.1 Å². The Morgan fingerprint density at radius 3 is 2.23 bits per heavy atom. The summed E-state index contributed by atoms with van der Waals surface area (Å²) < 4.78 is 28.6. The van der Waals surface area contributed by atoms with Gasteiger partial charge in [0.05, 0.1) is 6.26 Å². The highest BCUT2D eigenvalue weighted by atomic mass is 32.2. The van der Waals surface area contributed by atoms with Gasteiger partial charge in [-0.1, -0.05) is 19.6 Å². The molecule has 0 aliphatic heterocycles. The van der Waals surface area contributed by atoms with Crippen LogP contribution in [0.3, 0.4) is 0 Å². The largest absolute Gasteiger partial charge is 0.366 e. The van der Waals surface area contributed by atoms with Crippen LogP contribution in [0.5, 0.6) is 0 Å². The van der Waals surface area contributed by atoms with Gasteiger partial charge in [0.25, 0.3) is 0 Å². The van der Waals surface area contributed by atoms with Gasteiger partial charge < -0.3 is 4.74 Å². The zero-order chi connectivity index (χ0) is 10.5. The highest BCUT2D eigenvalue weighted by Crippen LogP contribution is 2.06. The van der Waals surface area contributed by atoms with Crippen molar-refractivity contribution in [2.75, 3.05) is 19.6 Å². The summed E-state index contributed by atoms with van der Waals surface area (Å²) >= 11 is 0. The number of nitrogens with one attached hydrogen (secondary N) is 1. The third kappa shape index (κ3) is 12.1. The zero-order valence-electron chi connectivity index (χ0n) is 8.75. The van der Waals surface area contributed by atoms with Gasteiger partial charge in [0.15, 0.2) is 0 Å². The van der Waals surface area contributed by atoms with Crippen molar-refractivity contribution >= 4 is 18.1 Å². The monoisotopic (exact) mass is 225 g/mol. The second kappa shape index (κ2) is 5.09. The maximum Gasteiger partial charge on any atom is 0.210 e.